The molecule has 0 amide bonds. The van der Waals surface area contributed by atoms with Gasteiger partial charge in [0.25, 0.3) is 0 Å². The molecule has 0 aromatic heterocycles. The van der Waals surface area contributed by atoms with Crippen LogP contribution in [0.5, 0.6) is 51.7 Å². The summed E-state index contributed by atoms with van der Waals surface area (Å²) in [6.45, 7) is 7.12. The van der Waals surface area contributed by atoms with Gasteiger partial charge in [0.15, 0.2) is 11.4 Å². The van der Waals surface area contributed by atoms with Gasteiger partial charge in [0.1, 0.15) is 57.3 Å². The third-order valence-corrected chi connectivity index (χ3v) is 10.6. The van der Waals surface area contributed by atoms with Gasteiger partial charge in [-0.25, -0.2) is 0 Å². The van der Waals surface area contributed by atoms with E-state index in [4.69, 9.17) is 9.47 Å². The fourth-order valence-corrected chi connectivity index (χ4v) is 8.13. The van der Waals surface area contributed by atoms with Crippen LogP contribution in [0.4, 0.5) is 0 Å². The Morgan fingerprint density at radius 3 is 2.15 bits per heavy atom. The highest BCUT2D eigenvalue weighted by atomic mass is 16.6. The number of rotatable bonds is 6. The van der Waals surface area contributed by atoms with E-state index >= 15 is 0 Å². The van der Waals surface area contributed by atoms with Crippen LogP contribution < -0.4 is 9.47 Å². The van der Waals surface area contributed by atoms with Crippen molar-refractivity contribution in [1.29, 1.82) is 0 Å². The summed E-state index contributed by atoms with van der Waals surface area (Å²) < 4.78 is 13.0. The normalized spacial score (nSPS) is 24.4. The molecule has 0 fully saturated rings. The van der Waals surface area contributed by atoms with Gasteiger partial charge in [-0.05, 0) is 70.0 Å². The number of ether oxygens (including phenoxy) is 2. The average molecular weight is 707 g/mol. The van der Waals surface area contributed by atoms with Crippen molar-refractivity contribution in [2.24, 2.45) is 5.92 Å². The van der Waals surface area contributed by atoms with Crippen LogP contribution in [0.3, 0.4) is 0 Å². The van der Waals surface area contributed by atoms with Gasteiger partial charge in [0.2, 0.25) is 11.4 Å². The fraction of sp³-hybridized carbons (Fsp3) is 0.268. The molecule has 5 unspecified atom stereocenters. The van der Waals surface area contributed by atoms with Gasteiger partial charge in [-0.2, -0.15) is 0 Å². The standard InChI is InChI=1S/C41H38O11/c1-19(2)11-12-41-28-10-7-23(44)17-32(28)51-40(41,4)39(50)36-33(52-41)18-31(47)35(38(36)49)27-14-20(3)13-26(24-8-5-21(42)15-29(24)45)34(27)37(48)25-9-6-22(43)16-30(25)46/h5-11,14-18,26-27,34,42-47,49H,12-13H2,1-4H3. The van der Waals surface area contributed by atoms with E-state index in [0.717, 1.165) is 23.3 Å². The Morgan fingerprint density at radius 2 is 1.48 bits per heavy atom. The number of aromatic hydroxyl groups is 7. The number of fused-ring (bicyclic) bond motifs is 4. The van der Waals surface area contributed by atoms with E-state index in [9.17, 15) is 45.3 Å². The summed E-state index contributed by atoms with van der Waals surface area (Å²) in [4.78, 5) is 29.4. The minimum Gasteiger partial charge on any atom is -0.508 e. The number of carbonyl (C=O) groups excluding carboxylic acids is 2. The number of hydrogen-bond acceptors (Lipinski definition) is 11. The first-order chi connectivity index (χ1) is 24.6. The van der Waals surface area contributed by atoms with Crippen LogP contribution in [-0.4, -0.2) is 52.9 Å². The largest absolute Gasteiger partial charge is 0.508 e. The molecule has 5 atom stereocenters. The van der Waals surface area contributed by atoms with Crippen LogP contribution in [0.1, 0.15) is 89.8 Å². The van der Waals surface area contributed by atoms with Crippen LogP contribution in [0, 0.1) is 5.92 Å². The molecule has 1 aliphatic carbocycles. The Hall–Kier alpha value is -6.10. The molecule has 2 aliphatic heterocycles. The van der Waals surface area contributed by atoms with Crippen molar-refractivity contribution >= 4 is 11.6 Å². The molecule has 3 aliphatic rings. The van der Waals surface area contributed by atoms with Crippen molar-refractivity contribution in [2.45, 2.75) is 63.6 Å². The molecule has 11 nitrogen and oxygen atoms in total. The number of carbonyl (C=O) groups is 2. The molecule has 7 rings (SSSR count). The van der Waals surface area contributed by atoms with Crippen LogP contribution in [0.15, 0.2) is 84.0 Å². The quantitative estimate of drug-likeness (QED) is 0.0784. The summed E-state index contributed by atoms with van der Waals surface area (Å²) in [5, 5.41) is 76.0. The Labute approximate surface area is 299 Å². The van der Waals surface area contributed by atoms with Crippen molar-refractivity contribution in [3.8, 4) is 51.7 Å². The van der Waals surface area contributed by atoms with Crippen LogP contribution >= 0.6 is 0 Å². The highest BCUT2D eigenvalue weighted by Crippen LogP contribution is 2.61. The highest BCUT2D eigenvalue weighted by Gasteiger charge is 2.67. The predicted molar refractivity (Wildman–Crippen MR) is 189 cm³/mol. The zero-order valence-electron chi connectivity index (χ0n) is 28.8. The molecule has 268 valence electrons. The number of Topliss-reactive ketones (excluding diaryl/α,β-unsaturated/α-hetero) is 2. The highest BCUT2D eigenvalue weighted by molar-refractivity contribution is 6.10. The minimum absolute atomic E-state index is 0.0878. The zero-order chi connectivity index (χ0) is 37.4. The van der Waals surface area contributed by atoms with E-state index in [1.54, 1.807) is 26.0 Å². The number of phenols is 7. The summed E-state index contributed by atoms with van der Waals surface area (Å²) in [5.74, 6) is -6.82. The molecule has 0 radical (unpaired) electrons. The molecular weight excluding hydrogens is 668 g/mol. The lowest BCUT2D eigenvalue weighted by Crippen LogP contribution is -2.60. The van der Waals surface area contributed by atoms with Gasteiger partial charge in [-0.15, -0.1) is 0 Å². The molecule has 4 aromatic rings. The van der Waals surface area contributed by atoms with Crippen molar-refractivity contribution in [2.75, 3.05) is 0 Å². The van der Waals surface area contributed by atoms with E-state index in [1.165, 1.54) is 42.5 Å². The lowest BCUT2D eigenvalue weighted by atomic mass is 9.64. The lowest BCUT2D eigenvalue weighted by molar-refractivity contribution is -0.0712. The molecular formula is C41H38O11. The second-order valence-corrected chi connectivity index (χ2v) is 14.3. The molecule has 0 bridgehead atoms. The average Bonchev–Trinajstić information content (AvgIpc) is 3.30. The van der Waals surface area contributed by atoms with Gasteiger partial charge in [-0.3, -0.25) is 9.59 Å². The maximum atomic E-state index is 14.8. The van der Waals surface area contributed by atoms with Crippen LogP contribution in [0.25, 0.3) is 0 Å². The molecule has 2 heterocycles. The van der Waals surface area contributed by atoms with Crippen molar-refractivity contribution in [1.82, 2.24) is 0 Å². The SMILES string of the molecule is CC(C)=CCC12Oc3cc(O)c(C4C=C(C)CC(c5ccc(O)cc5O)C4C(=O)c4ccc(O)cc4O)c(O)c3C(=O)C1(C)Oc1cc(O)ccc12. The first-order valence-corrected chi connectivity index (χ1v) is 16.8. The molecule has 4 aromatic carbocycles. The van der Waals surface area contributed by atoms with Crippen LogP contribution in [0.2, 0.25) is 0 Å². The van der Waals surface area contributed by atoms with E-state index in [2.05, 4.69) is 0 Å². The van der Waals surface area contributed by atoms with Gasteiger partial charge in [-0.1, -0.05) is 29.4 Å². The smallest absolute Gasteiger partial charge is 0.218 e. The third-order valence-electron chi connectivity index (χ3n) is 10.6. The van der Waals surface area contributed by atoms with E-state index in [0.29, 0.717) is 11.1 Å². The first-order valence-electron chi connectivity index (χ1n) is 16.8. The molecule has 0 saturated heterocycles. The van der Waals surface area contributed by atoms with E-state index < -0.39 is 57.8 Å². The minimum atomic E-state index is -1.75. The number of ketones is 2. The molecule has 7 N–H and O–H groups in total. The topological polar surface area (TPSA) is 194 Å². The molecule has 0 spiro atoms. The fourth-order valence-electron chi connectivity index (χ4n) is 8.13. The second kappa shape index (κ2) is 12.0. The number of benzene rings is 4. The maximum absolute atomic E-state index is 14.8. The summed E-state index contributed by atoms with van der Waals surface area (Å²) in [6, 6.07) is 13.2. The Morgan fingerprint density at radius 1 is 0.827 bits per heavy atom. The predicted octanol–water partition coefficient (Wildman–Crippen LogP) is 7.32. The van der Waals surface area contributed by atoms with E-state index in [1.807, 2.05) is 19.9 Å². The Kier molecular flexibility index (Phi) is 7.93. The first kappa shape index (κ1) is 34.4. The molecule has 0 saturated carbocycles. The Balaban J connectivity index is 1.43. The monoisotopic (exact) mass is 706 g/mol. The molecule has 11 heteroatoms. The summed E-state index contributed by atoms with van der Waals surface area (Å²) in [7, 11) is 0. The lowest BCUT2D eigenvalue weighted by Gasteiger charge is -2.45. The maximum Gasteiger partial charge on any atom is 0.218 e. The van der Waals surface area contributed by atoms with Crippen molar-refractivity contribution in [3.05, 3.63) is 112 Å². The van der Waals surface area contributed by atoms with Gasteiger partial charge in [0.05, 0.1) is 5.56 Å². The van der Waals surface area contributed by atoms with E-state index in [-0.39, 0.29) is 64.0 Å². The number of phenolic OH excluding ortho intramolecular Hbond substituents is 7. The van der Waals surface area contributed by atoms with Crippen molar-refractivity contribution in [3.63, 3.8) is 0 Å². The van der Waals surface area contributed by atoms with Crippen LogP contribution in [-0.2, 0) is 5.60 Å². The Bertz CT molecular complexity index is 2250. The van der Waals surface area contributed by atoms with Gasteiger partial charge < -0.3 is 45.2 Å². The van der Waals surface area contributed by atoms with Crippen molar-refractivity contribution < 1.29 is 54.8 Å². The van der Waals surface area contributed by atoms with Gasteiger partial charge in [0, 0.05) is 59.6 Å². The summed E-state index contributed by atoms with van der Waals surface area (Å²) in [6.07, 6.45) is 3.99. The number of hydrogen-bond donors (Lipinski definition) is 7. The second-order valence-electron chi connectivity index (χ2n) is 14.3. The summed E-state index contributed by atoms with van der Waals surface area (Å²) >= 11 is 0. The number of allylic oxidation sites excluding steroid dienone is 3. The zero-order valence-corrected chi connectivity index (χ0v) is 28.8. The summed E-state index contributed by atoms with van der Waals surface area (Å²) in [5.41, 5.74) is -1.34. The molecule has 52 heavy (non-hydrogen) atoms. The third kappa shape index (κ3) is 5.10. The van der Waals surface area contributed by atoms with Gasteiger partial charge >= 0.3 is 0 Å².